The zero-order valence-corrected chi connectivity index (χ0v) is 11.1. The second kappa shape index (κ2) is 6.95. The van der Waals surface area contributed by atoms with Gasteiger partial charge < -0.3 is 0 Å². The van der Waals surface area contributed by atoms with Gasteiger partial charge in [-0.25, -0.2) is 4.98 Å². The predicted octanol–water partition coefficient (Wildman–Crippen LogP) is 3.44. The SMILES string of the molecule is CC.Cc1nc(C#N)cnc1C(C)C(C)C. The normalized spacial score (nSPS) is 11.4. The Kier molecular flexibility index (Phi) is 6.32. The molecule has 0 aliphatic carbocycles. The summed E-state index contributed by atoms with van der Waals surface area (Å²) >= 11 is 0. The lowest BCUT2D eigenvalue weighted by molar-refractivity contribution is 0.518. The summed E-state index contributed by atoms with van der Waals surface area (Å²) in [5.74, 6) is 0.922. The fourth-order valence-corrected chi connectivity index (χ4v) is 1.31. The second-order valence-corrected chi connectivity index (χ2v) is 3.87. The maximum absolute atomic E-state index is 8.65. The van der Waals surface area contributed by atoms with E-state index in [9.17, 15) is 0 Å². The van der Waals surface area contributed by atoms with Gasteiger partial charge in [-0.2, -0.15) is 5.26 Å². The highest BCUT2D eigenvalue weighted by Crippen LogP contribution is 2.23. The van der Waals surface area contributed by atoms with Gasteiger partial charge in [0.2, 0.25) is 0 Å². The van der Waals surface area contributed by atoms with Crippen molar-refractivity contribution in [2.24, 2.45) is 5.92 Å². The van der Waals surface area contributed by atoms with E-state index in [2.05, 4.69) is 30.7 Å². The van der Waals surface area contributed by atoms with E-state index in [1.54, 1.807) is 6.20 Å². The number of aryl methyl sites for hydroxylation is 1. The summed E-state index contributed by atoms with van der Waals surface area (Å²) in [6, 6.07) is 1.99. The van der Waals surface area contributed by atoms with E-state index in [-0.39, 0.29) is 0 Å². The van der Waals surface area contributed by atoms with Crippen LogP contribution in [0.1, 0.15) is 57.6 Å². The topological polar surface area (TPSA) is 49.6 Å². The van der Waals surface area contributed by atoms with Gasteiger partial charge in [0.1, 0.15) is 6.07 Å². The molecule has 0 aliphatic heterocycles. The van der Waals surface area contributed by atoms with Crippen LogP contribution in [0.25, 0.3) is 0 Å². The van der Waals surface area contributed by atoms with Crippen LogP contribution in [0.15, 0.2) is 6.20 Å². The minimum Gasteiger partial charge on any atom is -0.256 e. The minimum atomic E-state index is 0.384. The molecule has 3 heteroatoms. The first-order chi connectivity index (χ1) is 7.56. The van der Waals surface area contributed by atoms with Crippen LogP contribution in [0.4, 0.5) is 0 Å². The van der Waals surface area contributed by atoms with Crippen LogP contribution in [0.3, 0.4) is 0 Å². The Morgan fingerprint density at radius 1 is 1.25 bits per heavy atom. The molecule has 1 rings (SSSR count). The van der Waals surface area contributed by atoms with Crippen molar-refractivity contribution in [1.29, 1.82) is 5.26 Å². The first-order valence-electron chi connectivity index (χ1n) is 5.80. The van der Waals surface area contributed by atoms with Crippen LogP contribution in [0.5, 0.6) is 0 Å². The van der Waals surface area contributed by atoms with Crippen molar-refractivity contribution >= 4 is 0 Å². The van der Waals surface area contributed by atoms with Crippen molar-refractivity contribution in [2.75, 3.05) is 0 Å². The van der Waals surface area contributed by atoms with Gasteiger partial charge in [0.25, 0.3) is 0 Å². The smallest absolute Gasteiger partial charge is 0.159 e. The maximum Gasteiger partial charge on any atom is 0.159 e. The highest BCUT2D eigenvalue weighted by atomic mass is 14.8. The Bertz CT molecular complexity index is 364. The first-order valence-corrected chi connectivity index (χ1v) is 5.80. The van der Waals surface area contributed by atoms with Crippen LogP contribution in [-0.4, -0.2) is 9.97 Å². The van der Waals surface area contributed by atoms with Crippen LogP contribution < -0.4 is 0 Å². The molecule has 0 amide bonds. The Balaban J connectivity index is 0.00000106. The molecule has 0 N–H and O–H groups in total. The Morgan fingerprint density at radius 3 is 2.19 bits per heavy atom. The van der Waals surface area contributed by atoms with Gasteiger partial charge in [0.15, 0.2) is 5.69 Å². The van der Waals surface area contributed by atoms with Crippen LogP contribution in [0.2, 0.25) is 0 Å². The standard InChI is InChI=1S/C11H15N3.C2H6/c1-7(2)8(3)11-9(4)14-10(5-12)6-13-11;1-2/h6-8H,1-4H3;1-2H3. The summed E-state index contributed by atoms with van der Waals surface area (Å²) in [6.07, 6.45) is 1.54. The quantitative estimate of drug-likeness (QED) is 0.765. The molecule has 1 atom stereocenters. The van der Waals surface area contributed by atoms with Gasteiger partial charge >= 0.3 is 0 Å². The van der Waals surface area contributed by atoms with Crippen LogP contribution in [0, 0.1) is 24.2 Å². The van der Waals surface area contributed by atoms with Crippen molar-refractivity contribution in [3.63, 3.8) is 0 Å². The molecule has 0 aliphatic rings. The summed E-state index contributed by atoms with van der Waals surface area (Å²) in [7, 11) is 0. The van der Waals surface area contributed by atoms with E-state index in [1.807, 2.05) is 26.8 Å². The van der Waals surface area contributed by atoms with E-state index in [0.717, 1.165) is 11.4 Å². The maximum atomic E-state index is 8.65. The average molecular weight is 219 g/mol. The van der Waals surface area contributed by atoms with E-state index < -0.39 is 0 Å². The molecule has 0 fully saturated rings. The highest BCUT2D eigenvalue weighted by molar-refractivity contribution is 5.23. The predicted molar refractivity (Wildman–Crippen MR) is 66.1 cm³/mol. The van der Waals surface area contributed by atoms with E-state index in [1.165, 1.54) is 0 Å². The van der Waals surface area contributed by atoms with Gasteiger partial charge in [0, 0.05) is 5.92 Å². The van der Waals surface area contributed by atoms with Crippen molar-refractivity contribution in [2.45, 2.75) is 47.5 Å². The number of nitrogens with zero attached hydrogens (tertiary/aromatic N) is 3. The Hall–Kier alpha value is -1.43. The third kappa shape index (κ3) is 3.62. The lowest BCUT2D eigenvalue weighted by Gasteiger charge is -2.16. The lowest BCUT2D eigenvalue weighted by Crippen LogP contribution is -2.08. The highest BCUT2D eigenvalue weighted by Gasteiger charge is 2.14. The Labute approximate surface area is 98.6 Å². The van der Waals surface area contributed by atoms with Gasteiger partial charge in [-0.05, 0) is 12.8 Å². The molecule has 1 unspecified atom stereocenters. The molecule has 0 saturated carbocycles. The van der Waals surface area contributed by atoms with Gasteiger partial charge in [0.05, 0.1) is 17.6 Å². The summed E-state index contributed by atoms with van der Waals surface area (Å²) in [6.45, 7) is 12.4. The van der Waals surface area contributed by atoms with Crippen LogP contribution in [-0.2, 0) is 0 Å². The van der Waals surface area contributed by atoms with Crippen molar-refractivity contribution in [1.82, 2.24) is 9.97 Å². The fraction of sp³-hybridized carbons (Fsp3) is 0.615. The van der Waals surface area contributed by atoms with E-state index in [0.29, 0.717) is 17.5 Å². The third-order valence-electron chi connectivity index (χ3n) is 2.53. The molecular formula is C13H21N3. The molecule has 1 aromatic heterocycles. The largest absolute Gasteiger partial charge is 0.256 e. The molecule has 0 saturated heterocycles. The first kappa shape index (κ1) is 14.6. The summed E-state index contributed by atoms with van der Waals surface area (Å²) in [4.78, 5) is 8.46. The second-order valence-electron chi connectivity index (χ2n) is 3.87. The monoisotopic (exact) mass is 219 g/mol. The third-order valence-corrected chi connectivity index (χ3v) is 2.53. The molecule has 1 aromatic rings. The van der Waals surface area contributed by atoms with Crippen molar-refractivity contribution in [3.05, 3.63) is 23.3 Å². The molecule has 0 spiro atoms. The number of hydrogen-bond donors (Lipinski definition) is 0. The number of hydrogen-bond acceptors (Lipinski definition) is 3. The molecular weight excluding hydrogens is 198 g/mol. The minimum absolute atomic E-state index is 0.384. The van der Waals surface area contributed by atoms with Crippen molar-refractivity contribution < 1.29 is 0 Å². The lowest BCUT2D eigenvalue weighted by atomic mass is 9.93. The summed E-state index contributed by atoms with van der Waals surface area (Å²) in [5.41, 5.74) is 2.26. The van der Waals surface area contributed by atoms with E-state index in [4.69, 9.17) is 5.26 Å². The zero-order valence-electron chi connectivity index (χ0n) is 11.1. The summed E-state index contributed by atoms with van der Waals surface area (Å²) in [5, 5.41) is 8.65. The molecule has 16 heavy (non-hydrogen) atoms. The molecule has 3 nitrogen and oxygen atoms in total. The van der Waals surface area contributed by atoms with Gasteiger partial charge in [-0.15, -0.1) is 0 Å². The number of nitriles is 1. The average Bonchev–Trinajstić information content (AvgIpc) is 2.30. The van der Waals surface area contributed by atoms with Crippen LogP contribution >= 0.6 is 0 Å². The van der Waals surface area contributed by atoms with Gasteiger partial charge in [-0.3, -0.25) is 4.98 Å². The van der Waals surface area contributed by atoms with Crippen molar-refractivity contribution in [3.8, 4) is 6.07 Å². The number of rotatable bonds is 2. The molecule has 0 radical (unpaired) electrons. The molecule has 0 aromatic carbocycles. The molecule has 0 bridgehead atoms. The van der Waals surface area contributed by atoms with Gasteiger partial charge in [-0.1, -0.05) is 34.6 Å². The fourth-order valence-electron chi connectivity index (χ4n) is 1.31. The zero-order chi connectivity index (χ0) is 12.7. The Morgan fingerprint density at radius 2 is 1.81 bits per heavy atom. The molecule has 1 heterocycles. The van der Waals surface area contributed by atoms with E-state index >= 15 is 0 Å². The number of aromatic nitrogens is 2. The molecule has 88 valence electrons. The summed E-state index contributed by atoms with van der Waals surface area (Å²) < 4.78 is 0.